The number of hydrogen-bond acceptors (Lipinski definition) is 3. The van der Waals surface area contributed by atoms with Crippen LogP contribution in [0, 0.1) is 12.8 Å². The minimum absolute atomic E-state index is 0.0934. The van der Waals surface area contributed by atoms with Crippen molar-refractivity contribution in [3.8, 4) is 11.1 Å². The molecule has 1 N–H and O–H groups in total. The summed E-state index contributed by atoms with van der Waals surface area (Å²) in [6.45, 7) is 6.12. The van der Waals surface area contributed by atoms with E-state index in [4.69, 9.17) is 0 Å². The second-order valence-electron chi connectivity index (χ2n) is 6.85. The second-order valence-corrected chi connectivity index (χ2v) is 6.85. The zero-order valence-corrected chi connectivity index (χ0v) is 15.6. The standard InChI is InChI=1S/C21H24N4O/c1-14(2)19(20-23-11-12-25(20)4)24-21(26)17-7-5-16(6-8-17)18-9-10-22-15(3)13-18/h5-14,19H,1-4H3,(H,24,26)/t19-/m1/s1. The smallest absolute Gasteiger partial charge is 0.251 e. The number of aromatic nitrogens is 3. The van der Waals surface area contributed by atoms with Gasteiger partial charge in [0.2, 0.25) is 0 Å². The first-order chi connectivity index (χ1) is 12.5. The maximum atomic E-state index is 12.7. The summed E-state index contributed by atoms with van der Waals surface area (Å²) in [6, 6.07) is 11.5. The Bertz CT molecular complexity index is 896. The van der Waals surface area contributed by atoms with Gasteiger partial charge in [0.15, 0.2) is 0 Å². The lowest BCUT2D eigenvalue weighted by molar-refractivity contribution is 0.0922. The van der Waals surface area contributed by atoms with E-state index in [9.17, 15) is 4.79 Å². The summed E-state index contributed by atoms with van der Waals surface area (Å²) in [5, 5.41) is 3.11. The van der Waals surface area contributed by atoms with Crippen molar-refractivity contribution >= 4 is 5.91 Å². The molecule has 0 saturated heterocycles. The zero-order chi connectivity index (χ0) is 18.7. The van der Waals surface area contributed by atoms with Crippen LogP contribution in [0.15, 0.2) is 55.0 Å². The van der Waals surface area contributed by atoms with Crippen molar-refractivity contribution in [2.45, 2.75) is 26.8 Å². The van der Waals surface area contributed by atoms with Crippen molar-refractivity contribution in [3.05, 3.63) is 72.1 Å². The Hall–Kier alpha value is -2.95. The quantitative estimate of drug-likeness (QED) is 0.760. The molecule has 3 aromatic rings. The maximum Gasteiger partial charge on any atom is 0.251 e. The lowest BCUT2D eigenvalue weighted by Gasteiger charge is -2.22. The van der Waals surface area contributed by atoms with Gasteiger partial charge in [-0.15, -0.1) is 0 Å². The maximum absolute atomic E-state index is 12.7. The normalized spacial score (nSPS) is 12.2. The molecule has 2 heterocycles. The number of carbonyl (C=O) groups is 1. The van der Waals surface area contributed by atoms with Crippen molar-refractivity contribution in [1.82, 2.24) is 19.9 Å². The molecule has 0 spiro atoms. The Morgan fingerprint density at radius 1 is 1.04 bits per heavy atom. The highest BCUT2D eigenvalue weighted by molar-refractivity contribution is 5.94. The molecular formula is C21H24N4O. The number of benzene rings is 1. The summed E-state index contributed by atoms with van der Waals surface area (Å²) in [6.07, 6.45) is 5.44. The van der Waals surface area contributed by atoms with Gasteiger partial charge >= 0.3 is 0 Å². The number of pyridine rings is 1. The summed E-state index contributed by atoms with van der Waals surface area (Å²) in [5.41, 5.74) is 3.77. The van der Waals surface area contributed by atoms with E-state index < -0.39 is 0 Å². The molecule has 0 radical (unpaired) electrons. The van der Waals surface area contributed by atoms with E-state index in [0.29, 0.717) is 5.56 Å². The molecule has 0 unspecified atom stereocenters. The van der Waals surface area contributed by atoms with Gasteiger partial charge in [0.25, 0.3) is 5.91 Å². The highest BCUT2D eigenvalue weighted by Crippen LogP contribution is 2.22. The average Bonchev–Trinajstić information content (AvgIpc) is 3.05. The molecule has 0 aliphatic rings. The molecule has 0 aliphatic heterocycles. The predicted molar refractivity (Wildman–Crippen MR) is 103 cm³/mol. The van der Waals surface area contributed by atoms with E-state index in [-0.39, 0.29) is 17.9 Å². The van der Waals surface area contributed by atoms with Crippen molar-refractivity contribution in [1.29, 1.82) is 0 Å². The van der Waals surface area contributed by atoms with Crippen molar-refractivity contribution in [2.24, 2.45) is 13.0 Å². The Morgan fingerprint density at radius 3 is 2.35 bits per heavy atom. The molecule has 3 rings (SSSR count). The summed E-state index contributed by atoms with van der Waals surface area (Å²) in [4.78, 5) is 21.3. The van der Waals surface area contributed by atoms with Crippen LogP contribution in [-0.4, -0.2) is 20.4 Å². The molecule has 0 fully saturated rings. The van der Waals surface area contributed by atoms with Crippen molar-refractivity contribution < 1.29 is 4.79 Å². The fourth-order valence-corrected chi connectivity index (χ4v) is 2.97. The molecule has 0 aliphatic carbocycles. The lowest BCUT2D eigenvalue weighted by Crippen LogP contribution is -2.33. The third-order valence-corrected chi connectivity index (χ3v) is 4.47. The Labute approximate surface area is 154 Å². The van der Waals surface area contributed by atoms with Gasteiger partial charge in [-0.1, -0.05) is 26.0 Å². The van der Waals surface area contributed by atoms with Crippen LogP contribution < -0.4 is 5.32 Å². The minimum atomic E-state index is -0.134. The predicted octanol–water partition coefficient (Wildman–Crippen LogP) is 3.92. The van der Waals surface area contributed by atoms with Crippen LogP contribution in [0.5, 0.6) is 0 Å². The number of carbonyl (C=O) groups excluding carboxylic acids is 1. The molecule has 0 saturated carbocycles. The van der Waals surface area contributed by atoms with Gasteiger partial charge in [-0.25, -0.2) is 4.98 Å². The Balaban J connectivity index is 1.78. The Kier molecular flexibility index (Phi) is 5.16. The third-order valence-electron chi connectivity index (χ3n) is 4.47. The van der Waals surface area contributed by atoms with Crippen LogP contribution in [-0.2, 0) is 7.05 Å². The van der Waals surface area contributed by atoms with E-state index in [1.54, 1.807) is 12.4 Å². The van der Waals surface area contributed by atoms with E-state index in [2.05, 4.69) is 29.1 Å². The number of aryl methyl sites for hydroxylation is 2. The molecule has 26 heavy (non-hydrogen) atoms. The average molecular weight is 348 g/mol. The Morgan fingerprint density at radius 2 is 1.77 bits per heavy atom. The topological polar surface area (TPSA) is 59.8 Å². The van der Waals surface area contributed by atoms with Crippen molar-refractivity contribution in [3.63, 3.8) is 0 Å². The fourth-order valence-electron chi connectivity index (χ4n) is 2.97. The highest BCUT2D eigenvalue weighted by atomic mass is 16.1. The fraction of sp³-hybridized carbons (Fsp3) is 0.286. The van der Waals surface area contributed by atoms with Crippen LogP contribution in [0.4, 0.5) is 0 Å². The number of nitrogens with one attached hydrogen (secondary N) is 1. The zero-order valence-electron chi connectivity index (χ0n) is 15.6. The number of amides is 1. The van der Waals surface area contributed by atoms with Gasteiger partial charge in [0, 0.05) is 36.9 Å². The minimum Gasteiger partial charge on any atom is -0.342 e. The van der Waals surface area contributed by atoms with E-state index >= 15 is 0 Å². The van der Waals surface area contributed by atoms with Crippen LogP contribution in [0.3, 0.4) is 0 Å². The molecule has 5 nitrogen and oxygen atoms in total. The number of imidazole rings is 1. The van der Waals surface area contributed by atoms with Gasteiger partial charge in [0.05, 0.1) is 6.04 Å². The van der Waals surface area contributed by atoms with Crippen LogP contribution in [0.2, 0.25) is 0 Å². The van der Waals surface area contributed by atoms with Crippen LogP contribution >= 0.6 is 0 Å². The third kappa shape index (κ3) is 3.82. The molecule has 1 aromatic carbocycles. The van der Waals surface area contributed by atoms with Gasteiger partial charge in [0.1, 0.15) is 5.82 Å². The molecule has 1 amide bonds. The largest absolute Gasteiger partial charge is 0.342 e. The molecular weight excluding hydrogens is 324 g/mol. The summed E-state index contributed by atoms with van der Waals surface area (Å²) < 4.78 is 1.94. The molecule has 5 heteroatoms. The monoisotopic (exact) mass is 348 g/mol. The second kappa shape index (κ2) is 7.52. The molecule has 134 valence electrons. The summed E-state index contributed by atoms with van der Waals surface area (Å²) in [7, 11) is 1.94. The van der Waals surface area contributed by atoms with E-state index in [0.717, 1.165) is 22.6 Å². The van der Waals surface area contributed by atoms with E-state index in [1.807, 2.05) is 61.1 Å². The van der Waals surface area contributed by atoms with Crippen molar-refractivity contribution in [2.75, 3.05) is 0 Å². The van der Waals surface area contributed by atoms with Gasteiger partial charge < -0.3 is 9.88 Å². The highest BCUT2D eigenvalue weighted by Gasteiger charge is 2.22. The van der Waals surface area contributed by atoms with Gasteiger partial charge in [-0.3, -0.25) is 9.78 Å². The number of hydrogen-bond donors (Lipinski definition) is 1. The number of rotatable bonds is 5. The lowest BCUT2D eigenvalue weighted by atomic mass is 10.0. The van der Waals surface area contributed by atoms with Gasteiger partial charge in [-0.05, 0) is 48.2 Å². The summed E-state index contributed by atoms with van der Waals surface area (Å²) >= 11 is 0. The first kappa shape index (κ1) is 17.9. The molecule has 0 bridgehead atoms. The molecule has 1 atom stereocenters. The first-order valence-electron chi connectivity index (χ1n) is 8.77. The van der Waals surface area contributed by atoms with E-state index in [1.165, 1.54) is 0 Å². The SMILES string of the molecule is Cc1cc(-c2ccc(C(=O)N[C@@H](c3nccn3C)C(C)C)cc2)ccn1. The molecule has 2 aromatic heterocycles. The summed E-state index contributed by atoms with van der Waals surface area (Å²) in [5.74, 6) is 1.00. The first-order valence-corrected chi connectivity index (χ1v) is 8.77. The number of nitrogens with zero attached hydrogens (tertiary/aromatic N) is 3. The van der Waals surface area contributed by atoms with Crippen LogP contribution in [0.25, 0.3) is 11.1 Å². The van der Waals surface area contributed by atoms with Crippen LogP contribution in [0.1, 0.15) is 41.8 Å². The van der Waals surface area contributed by atoms with Gasteiger partial charge in [-0.2, -0.15) is 0 Å².